The molecule has 11 nitrogen and oxygen atoms in total. The summed E-state index contributed by atoms with van der Waals surface area (Å²) in [5, 5.41) is 22.2. The number of nitriles is 2. The average Bonchev–Trinajstić information content (AvgIpc) is 2.91. The Hall–Kier alpha value is -4.29. The van der Waals surface area contributed by atoms with Gasteiger partial charge in [-0.2, -0.15) is 10.5 Å². The molecule has 12 heteroatoms. The summed E-state index contributed by atoms with van der Waals surface area (Å²) >= 11 is 1.06. The number of nitrogens with two attached hydrogens (primary N) is 1. The number of hydrogen-bond acceptors (Lipinski definition) is 10. The predicted molar refractivity (Wildman–Crippen MR) is 162 cm³/mol. The molecule has 228 valence electrons. The fourth-order valence-corrected chi connectivity index (χ4v) is 5.49. The Morgan fingerprint density at radius 2 is 1.72 bits per heavy atom. The summed E-state index contributed by atoms with van der Waals surface area (Å²) in [6.07, 6.45) is -0.867. The molecule has 1 saturated heterocycles. The van der Waals surface area contributed by atoms with Gasteiger partial charge in [0.25, 0.3) is 0 Å². The lowest BCUT2D eigenvalue weighted by atomic mass is 9.88. The van der Waals surface area contributed by atoms with Crippen LogP contribution in [0.15, 0.2) is 35.4 Å². The number of aromatic nitrogens is 1. The van der Waals surface area contributed by atoms with Crippen LogP contribution in [0, 0.1) is 28.6 Å². The number of ether oxygens (including phenoxy) is 2. The Kier molecular flexibility index (Phi) is 10.3. The van der Waals surface area contributed by atoms with Crippen LogP contribution < -0.4 is 16.0 Å². The van der Waals surface area contributed by atoms with Gasteiger partial charge in [0.1, 0.15) is 45.5 Å². The van der Waals surface area contributed by atoms with Crippen LogP contribution >= 0.6 is 11.8 Å². The second-order valence-electron chi connectivity index (χ2n) is 11.8. The van der Waals surface area contributed by atoms with Gasteiger partial charge < -0.3 is 25.4 Å². The quantitative estimate of drug-likeness (QED) is 0.292. The van der Waals surface area contributed by atoms with E-state index in [9.17, 15) is 24.9 Å². The molecular weight excluding hydrogens is 568 g/mol. The average molecular weight is 607 g/mol. The highest BCUT2D eigenvalue weighted by molar-refractivity contribution is 8.00. The van der Waals surface area contributed by atoms with Gasteiger partial charge >= 0.3 is 12.1 Å². The Morgan fingerprint density at radius 3 is 2.21 bits per heavy atom. The molecule has 1 aromatic carbocycles. The lowest BCUT2D eigenvalue weighted by molar-refractivity contribution is -0.159. The number of hydrogen-bond donors (Lipinski definition) is 2. The number of rotatable bonds is 10. The zero-order valence-electron chi connectivity index (χ0n) is 25.6. The minimum atomic E-state index is -1.34. The van der Waals surface area contributed by atoms with Gasteiger partial charge in [0.2, 0.25) is 5.91 Å². The van der Waals surface area contributed by atoms with E-state index in [1.54, 1.807) is 70.7 Å². The van der Waals surface area contributed by atoms with E-state index in [0.29, 0.717) is 23.4 Å². The molecule has 3 rings (SSSR count). The number of nitrogens with zero attached hydrogens (tertiary/aromatic N) is 4. The van der Waals surface area contributed by atoms with Crippen molar-refractivity contribution in [3.05, 3.63) is 52.6 Å². The molecule has 2 atom stereocenters. The molecular formula is C31H38N6O5S. The van der Waals surface area contributed by atoms with Crippen molar-refractivity contribution in [3.8, 4) is 12.1 Å². The van der Waals surface area contributed by atoms with Gasteiger partial charge in [0.15, 0.2) is 0 Å². The van der Waals surface area contributed by atoms with Gasteiger partial charge in [0.05, 0.1) is 24.2 Å². The number of nitrogens with one attached hydrogen (secondary N) is 1. The molecule has 0 aliphatic carbocycles. The first-order valence-electron chi connectivity index (χ1n) is 14.0. The van der Waals surface area contributed by atoms with E-state index >= 15 is 0 Å². The zero-order chi connectivity index (χ0) is 32.1. The Morgan fingerprint density at radius 1 is 1.12 bits per heavy atom. The van der Waals surface area contributed by atoms with E-state index in [1.165, 1.54) is 0 Å². The standard InChI is InChI=1S/C31H38N6O5S/c1-8-21-22(14-32)26(35-27(23(21)15-33)43-24(25(34)38)19-12-10-9-11-13-19)37-16-20(17-37)41-28(39)31(7,18(2)3)36-29(40)42-30(4,5)6/h9-13,18,20,24H,8,16-17H2,1-7H3,(H2,34,38)(H,36,40). The number of pyridine rings is 1. The highest BCUT2D eigenvalue weighted by Crippen LogP contribution is 2.40. The highest BCUT2D eigenvalue weighted by Gasteiger charge is 2.44. The first kappa shape index (κ1) is 33.2. The lowest BCUT2D eigenvalue weighted by Crippen LogP contribution is -2.61. The van der Waals surface area contributed by atoms with E-state index in [0.717, 1.165) is 11.8 Å². The Labute approximate surface area is 256 Å². The molecule has 1 aromatic heterocycles. The summed E-state index contributed by atoms with van der Waals surface area (Å²) in [5.41, 5.74) is 5.32. The zero-order valence-corrected chi connectivity index (χ0v) is 26.4. The van der Waals surface area contributed by atoms with Crippen molar-refractivity contribution in [2.75, 3.05) is 18.0 Å². The smallest absolute Gasteiger partial charge is 0.408 e. The molecule has 0 spiro atoms. The third-order valence-electron chi connectivity index (χ3n) is 7.18. The molecule has 1 fully saturated rings. The van der Waals surface area contributed by atoms with Crippen molar-refractivity contribution in [1.82, 2.24) is 10.3 Å². The Balaban J connectivity index is 1.86. The van der Waals surface area contributed by atoms with Crippen LogP contribution in [-0.2, 0) is 25.5 Å². The lowest BCUT2D eigenvalue weighted by Gasteiger charge is -2.42. The second-order valence-corrected chi connectivity index (χ2v) is 12.9. The molecule has 0 bridgehead atoms. The van der Waals surface area contributed by atoms with Crippen LogP contribution in [0.3, 0.4) is 0 Å². The van der Waals surface area contributed by atoms with Gasteiger partial charge in [-0.15, -0.1) is 0 Å². The first-order valence-corrected chi connectivity index (χ1v) is 14.9. The molecule has 1 aliphatic rings. The molecule has 43 heavy (non-hydrogen) atoms. The van der Waals surface area contributed by atoms with Crippen LogP contribution in [0.1, 0.15) is 76.0 Å². The van der Waals surface area contributed by atoms with E-state index in [2.05, 4.69) is 22.4 Å². The van der Waals surface area contributed by atoms with Crippen molar-refractivity contribution in [2.45, 2.75) is 82.4 Å². The molecule has 2 heterocycles. The number of amides is 2. The topological polar surface area (TPSA) is 171 Å². The van der Waals surface area contributed by atoms with Crippen LogP contribution in [0.5, 0.6) is 0 Å². The molecule has 2 aromatic rings. The minimum Gasteiger partial charge on any atom is -0.457 e. The van der Waals surface area contributed by atoms with Crippen molar-refractivity contribution in [1.29, 1.82) is 10.5 Å². The maximum Gasteiger partial charge on any atom is 0.408 e. The summed E-state index contributed by atoms with van der Waals surface area (Å²) in [4.78, 5) is 44.6. The summed E-state index contributed by atoms with van der Waals surface area (Å²) < 4.78 is 11.1. The number of primary amides is 1. The maximum absolute atomic E-state index is 13.3. The monoisotopic (exact) mass is 606 g/mol. The number of carbonyl (C=O) groups excluding carboxylic acids is 3. The summed E-state index contributed by atoms with van der Waals surface area (Å²) in [6, 6.07) is 13.3. The van der Waals surface area contributed by atoms with Crippen LogP contribution in [0.4, 0.5) is 10.6 Å². The fraction of sp³-hybridized carbons (Fsp3) is 0.484. The maximum atomic E-state index is 13.3. The summed E-state index contributed by atoms with van der Waals surface area (Å²) in [5.74, 6) is -1.16. The molecule has 1 aliphatic heterocycles. The van der Waals surface area contributed by atoms with Gasteiger partial charge in [-0.1, -0.05) is 62.9 Å². The number of alkyl carbamates (subject to hydrolysis) is 1. The molecule has 0 saturated carbocycles. The fourth-order valence-electron chi connectivity index (χ4n) is 4.43. The minimum absolute atomic E-state index is 0.222. The summed E-state index contributed by atoms with van der Waals surface area (Å²) in [7, 11) is 0. The molecule has 3 N–H and O–H groups in total. The molecule has 0 radical (unpaired) electrons. The Bertz CT molecular complexity index is 1450. The summed E-state index contributed by atoms with van der Waals surface area (Å²) in [6.45, 7) is 12.7. The number of benzene rings is 1. The third-order valence-corrected chi connectivity index (χ3v) is 8.44. The number of thioether (sulfide) groups is 1. The van der Waals surface area contributed by atoms with E-state index in [-0.39, 0.29) is 35.2 Å². The normalized spacial score (nSPS) is 15.3. The van der Waals surface area contributed by atoms with Crippen molar-refractivity contribution >= 4 is 35.5 Å². The van der Waals surface area contributed by atoms with Gasteiger partial charge in [-0.05, 0) is 51.2 Å². The highest BCUT2D eigenvalue weighted by atomic mass is 32.2. The first-order chi connectivity index (χ1) is 20.1. The number of esters is 1. The van der Waals surface area contributed by atoms with E-state index < -0.39 is 40.5 Å². The predicted octanol–water partition coefficient (Wildman–Crippen LogP) is 4.38. The van der Waals surface area contributed by atoms with Crippen molar-refractivity contribution in [2.24, 2.45) is 11.7 Å². The number of carbonyl (C=O) groups is 3. The van der Waals surface area contributed by atoms with Gasteiger partial charge in [-0.3, -0.25) is 4.79 Å². The molecule has 2 unspecified atom stereocenters. The third kappa shape index (κ3) is 7.57. The van der Waals surface area contributed by atoms with Crippen molar-refractivity contribution in [3.63, 3.8) is 0 Å². The molecule has 2 amide bonds. The van der Waals surface area contributed by atoms with Gasteiger partial charge in [-0.25, -0.2) is 14.6 Å². The SMILES string of the molecule is CCc1c(C#N)c(SC(C(N)=O)c2ccccc2)nc(N2CC(OC(=O)C(C)(NC(=O)OC(C)(C)C)C(C)C)C2)c1C#N. The van der Waals surface area contributed by atoms with E-state index in [4.69, 9.17) is 15.2 Å². The van der Waals surface area contributed by atoms with Crippen LogP contribution in [-0.4, -0.2) is 53.3 Å². The van der Waals surface area contributed by atoms with Crippen molar-refractivity contribution < 1.29 is 23.9 Å². The second kappa shape index (κ2) is 13.3. The largest absolute Gasteiger partial charge is 0.457 e. The van der Waals surface area contributed by atoms with Crippen LogP contribution in [0.2, 0.25) is 0 Å². The van der Waals surface area contributed by atoms with E-state index in [1.807, 2.05) is 13.0 Å². The number of anilines is 1. The van der Waals surface area contributed by atoms with Gasteiger partial charge in [0, 0.05) is 0 Å². The van der Waals surface area contributed by atoms with Crippen LogP contribution in [0.25, 0.3) is 0 Å².